The van der Waals surface area contributed by atoms with Crippen LogP contribution in [0.25, 0.3) is 0 Å². The van der Waals surface area contributed by atoms with Crippen molar-refractivity contribution in [2.45, 2.75) is 32.9 Å². The number of methoxy groups -OCH3 is 1. The molecule has 1 saturated heterocycles. The van der Waals surface area contributed by atoms with Gasteiger partial charge in [-0.15, -0.1) is 0 Å². The van der Waals surface area contributed by atoms with E-state index < -0.39 is 0 Å². The van der Waals surface area contributed by atoms with E-state index in [1.165, 1.54) is 5.56 Å². The van der Waals surface area contributed by atoms with Crippen molar-refractivity contribution in [3.8, 4) is 11.5 Å². The third-order valence-electron chi connectivity index (χ3n) is 5.45. The smallest absolute Gasteiger partial charge is 0.225 e. The van der Waals surface area contributed by atoms with Crippen LogP contribution in [0.2, 0.25) is 0 Å². The van der Waals surface area contributed by atoms with Gasteiger partial charge in [0.1, 0.15) is 17.6 Å². The second kappa shape index (κ2) is 9.19. The highest BCUT2D eigenvalue weighted by atomic mass is 16.5. The molecular weight excluding hydrogens is 380 g/mol. The molecule has 1 fully saturated rings. The molecule has 0 amide bonds. The van der Waals surface area contributed by atoms with Crippen LogP contribution in [0.15, 0.2) is 35.6 Å². The van der Waals surface area contributed by atoms with Crippen molar-refractivity contribution < 1.29 is 9.47 Å². The third-order valence-corrected chi connectivity index (χ3v) is 5.45. The van der Waals surface area contributed by atoms with E-state index in [0.29, 0.717) is 6.54 Å². The standard InChI is InChI=1S/C22H30N6O2/c1-4-23-21(27-8-10-28(11-9-27)22-24-6-5-7-25-22)26-15-18-14-20-17(12-16(2)30-20)13-19(18)29-3/h5-7,13-14,16H,4,8-12,15H2,1-3H3,(H,23,26). The van der Waals surface area contributed by atoms with E-state index in [4.69, 9.17) is 14.5 Å². The van der Waals surface area contributed by atoms with E-state index in [-0.39, 0.29) is 6.10 Å². The molecule has 1 aromatic heterocycles. The maximum absolute atomic E-state index is 5.92. The van der Waals surface area contributed by atoms with Crippen LogP contribution in [0.5, 0.6) is 11.5 Å². The molecule has 1 aromatic carbocycles. The minimum absolute atomic E-state index is 0.214. The lowest BCUT2D eigenvalue weighted by Gasteiger charge is -2.36. The summed E-state index contributed by atoms with van der Waals surface area (Å²) in [7, 11) is 1.71. The Morgan fingerprint density at radius 1 is 1.23 bits per heavy atom. The number of benzene rings is 1. The Kier molecular flexibility index (Phi) is 6.21. The van der Waals surface area contributed by atoms with Gasteiger partial charge in [0.2, 0.25) is 5.95 Å². The Balaban J connectivity index is 1.45. The predicted molar refractivity (Wildman–Crippen MR) is 117 cm³/mol. The number of nitrogens with zero attached hydrogens (tertiary/aromatic N) is 5. The molecule has 0 saturated carbocycles. The lowest BCUT2D eigenvalue weighted by molar-refractivity contribution is 0.254. The van der Waals surface area contributed by atoms with Gasteiger partial charge < -0.3 is 24.6 Å². The summed E-state index contributed by atoms with van der Waals surface area (Å²) in [6.45, 7) is 9.01. The second-order valence-corrected chi connectivity index (χ2v) is 7.60. The molecule has 1 unspecified atom stereocenters. The SMILES string of the molecule is CCNC(=NCc1cc2c(cc1OC)CC(C)O2)N1CCN(c2ncccn2)CC1. The molecule has 160 valence electrons. The molecule has 8 heteroatoms. The van der Waals surface area contributed by atoms with Crippen molar-refractivity contribution in [1.29, 1.82) is 0 Å². The zero-order valence-electron chi connectivity index (χ0n) is 18.0. The number of hydrogen-bond acceptors (Lipinski definition) is 6. The van der Waals surface area contributed by atoms with Gasteiger partial charge in [0.25, 0.3) is 0 Å². The summed E-state index contributed by atoms with van der Waals surface area (Å²) in [6.07, 6.45) is 4.71. The Hall–Kier alpha value is -3.03. The van der Waals surface area contributed by atoms with Gasteiger partial charge in [-0.2, -0.15) is 0 Å². The molecule has 1 atom stereocenters. The summed E-state index contributed by atoms with van der Waals surface area (Å²) in [5.74, 6) is 3.53. The molecule has 2 aliphatic heterocycles. The molecular formula is C22H30N6O2. The first kappa shape index (κ1) is 20.3. The van der Waals surface area contributed by atoms with Crippen molar-refractivity contribution in [1.82, 2.24) is 20.2 Å². The van der Waals surface area contributed by atoms with Gasteiger partial charge in [0, 0.05) is 62.7 Å². The minimum atomic E-state index is 0.214. The first-order valence-electron chi connectivity index (χ1n) is 10.6. The van der Waals surface area contributed by atoms with Gasteiger partial charge in [0.15, 0.2) is 5.96 Å². The van der Waals surface area contributed by atoms with Crippen LogP contribution in [-0.2, 0) is 13.0 Å². The number of anilines is 1. The Morgan fingerprint density at radius 3 is 2.70 bits per heavy atom. The third kappa shape index (κ3) is 4.42. The van der Waals surface area contributed by atoms with Gasteiger partial charge in [0.05, 0.1) is 13.7 Å². The first-order chi connectivity index (χ1) is 14.7. The molecule has 1 N–H and O–H groups in total. The number of guanidine groups is 1. The van der Waals surface area contributed by atoms with Gasteiger partial charge in [-0.05, 0) is 32.0 Å². The highest BCUT2D eigenvalue weighted by Crippen LogP contribution is 2.35. The fourth-order valence-electron chi connectivity index (χ4n) is 3.95. The summed E-state index contributed by atoms with van der Waals surface area (Å²) in [4.78, 5) is 18.1. The summed E-state index contributed by atoms with van der Waals surface area (Å²) in [5.41, 5.74) is 2.25. The molecule has 0 aliphatic carbocycles. The number of aromatic nitrogens is 2. The first-order valence-corrected chi connectivity index (χ1v) is 10.6. The van der Waals surface area contributed by atoms with Crippen LogP contribution >= 0.6 is 0 Å². The van der Waals surface area contributed by atoms with Crippen molar-refractivity contribution in [2.24, 2.45) is 4.99 Å². The number of fused-ring (bicyclic) bond motifs is 1. The quantitative estimate of drug-likeness (QED) is 0.598. The van der Waals surface area contributed by atoms with Gasteiger partial charge in [-0.3, -0.25) is 0 Å². The Labute approximate surface area is 177 Å². The Morgan fingerprint density at radius 2 is 2.00 bits per heavy atom. The number of ether oxygens (including phenoxy) is 2. The molecule has 30 heavy (non-hydrogen) atoms. The van der Waals surface area contributed by atoms with Gasteiger partial charge in [-0.25, -0.2) is 15.0 Å². The van der Waals surface area contributed by atoms with Crippen molar-refractivity contribution in [2.75, 3.05) is 44.7 Å². The molecule has 0 bridgehead atoms. The fraction of sp³-hybridized carbons (Fsp3) is 0.500. The predicted octanol–water partition coefficient (Wildman–Crippen LogP) is 2.10. The van der Waals surface area contributed by atoms with Crippen LogP contribution < -0.4 is 19.7 Å². The van der Waals surface area contributed by atoms with Crippen molar-refractivity contribution >= 4 is 11.9 Å². The van der Waals surface area contributed by atoms with E-state index in [2.05, 4.69) is 51.1 Å². The lowest BCUT2D eigenvalue weighted by atomic mass is 10.1. The molecule has 0 spiro atoms. The van der Waals surface area contributed by atoms with Crippen LogP contribution in [0.3, 0.4) is 0 Å². The van der Waals surface area contributed by atoms with E-state index in [9.17, 15) is 0 Å². The van der Waals surface area contributed by atoms with Crippen LogP contribution in [0.1, 0.15) is 25.0 Å². The van der Waals surface area contributed by atoms with Crippen LogP contribution in [0, 0.1) is 0 Å². The number of nitrogens with one attached hydrogen (secondary N) is 1. The normalized spacial score (nSPS) is 18.8. The molecule has 8 nitrogen and oxygen atoms in total. The maximum atomic E-state index is 5.92. The monoisotopic (exact) mass is 410 g/mol. The Bertz CT molecular complexity index is 881. The van der Waals surface area contributed by atoms with Crippen LogP contribution in [0.4, 0.5) is 5.95 Å². The zero-order chi connectivity index (χ0) is 20.9. The van der Waals surface area contributed by atoms with E-state index >= 15 is 0 Å². The van der Waals surface area contributed by atoms with E-state index in [0.717, 1.165) is 68.1 Å². The zero-order valence-corrected chi connectivity index (χ0v) is 18.0. The van der Waals surface area contributed by atoms with Crippen LogP contribution in [-0.4, -0.2) is 66.8 Å². The lowest BCUT2D eigenvalue weighted by Crippen LogP contribution is -2.52. The molecule has 2 aromatic rings. The highest BCUT2D eigenvalue weighted by Gasteiger charge is 2.23. The molecule has 3 heterocycles. The van der Waals surface area contributed by atoms with E-state index in [1.807, 2.05) is 6.07 Å². The number of hydrogen-bond donors (Lipinski definition) is 1. The van der Waals surface area contributed by atoms with Gasteiger partial charge in [-0.1, -0.05) is 0 Å². The maximum Gasteiger partial charge on any atom is 0.225 e. The summed E-state index contributed by atoms with van der Waals surface area (Å²) < 4.78 is 11.6. The van der Waals surface area contributed by atoms with Gasteiger partial charge >= 0.3 is 0 Å². The molecule has 4 rings (SSSR count). The average molecular weight is 411 g/mol. The number of piperazine rings is 1. The molecule has 2 aliphatic rings. The molecule has 0 radical (unpaired) electrons. The topological polar surface area (TPSA) is 75.1 Å². The second-order valence-electron chi connectivity index (χ2n) is 7.60. The highest BCUT2D eigenvalue weighted by molar-refractivity contribution is 5.80. The number of aliphatic imine (C=N–C) groups is 1. The van der Waals surface area contributed by atoms with Crippen molar-refractivity contribution in [3.63, 3.8) is 0 Å². The summed E-state index contributed by atoms with van der Waals surface area (Å²) in [6, 6.07) is 6.01. The minimum Gasteiger partial charge on any atom is -0.496 e. The summed E-state index contributed by atoms with van der Waals surface area (Å²) in [5, 5.41) is 3.43. The summed E-state index contributed by atoms with van der Waals surface area (Å²) >= 11 is 0. The average Bonchev–Trinajstić information content (AvgIpc) is 3.15. The number of rotatable bonds is 5. The van der Waals surface area contributed by atoms with E-state index in [1.54, 1.807) is 19.5 Å². The van der Waals surface area contributed by atoms with Crippen molar-refractivity contribution in [3.05, 3.63) is 41.7 Å². The largest absolute Gasteiger partial charge is 0.496 e. The fourth-order valence-corrected chi connectivity index (χ4v) is 3.95.